The number of carbonyl (C=O) groups excluding carboxylic acids is 1. The van der Waals surface area contributed by atoms with Crippen LogP contribution in [0.3, 0.4) is 0 Å². The summed E-state index contributed by atoms with van der Waals surface area (Å²) in [5, 5.41) is 11.5. The Bertz CT molecular complexity index is 574. The van der Waals surface area contributed by atoms with E-state index < -0.39 is 0 Å². The Morgan fingerprint density at radius 3 is 3.00 bits per heavy atom. The topological polar surface area (TPSA) is 63.1 Å². The van der Waals surface area contributed by atoms with Crippen LogP contribution in [0.4, 0.5) is 0 Å². The van der Waals surface area contributed by atoms with Crippen molar-refractivity contribution in [1.82, 2.24) is 25.0 Å². The van der Waals surface area contributed by atoms with Crippen molar-refractivity contribution in [2.24, 2.45) is 0 Å². The highest BCUT2D eigenvalue weighted by Gasteiger charge is 2.28. The van der Waals surface area contributed by atoms with Gasteiger partial charge in [-0.2, -0.15) is 0 Å². The number of terminal acetylenes is 1. The number of carbonyl (C=O) groups is 1. The number of fused-ring (bicyclic) bond motifs is 1. The molecule has 6 heteroatoms. The van der Waals surface area contributed by atoms with E-state index in [9.17, 15) is 4.79 Å². The van der Waals surface area contributed by atoms with Crippen molar-refractivity contribution in [1.29, 1.82) is 0 Å². The fourth-order valence-corrected chi connectivity index (χ4v) is 3.38. The Labute approximate surface area is 131 Å². The average molecular weight is 301 g/mol. The van der Waals surface area contributed by atoms with E-state index in [1.165, 1.54) is 6.42 Å². The molecule has 3 heterocycles. The first-order chi connectivity index (χ1) is 10.8. The zero-order valence-corrected chi connectivity index (χ0v) is 12.9. The molecule has 22 heavy (non-hydrogen) atoms. The fourth-order valence-electron chi connectivity index (χ4n) is 3.38. The highest BCUT2D eigenvalue weighted by Crippen LogP contribution is 2.17. The molecule has 0 radical (unpaired) electrons. The van der Waals surface area contributed by atoms with Crippen LogP contribution in [0.15, 0.2) is 0 Å². The molecule has 0 aromatic carbocycles. The zero-order chi connectivity index (χ0) is 15.4. The van der Waals surface area contributed by atoms with Gasteiger partial charge in [-0.15, -0.1) is 16.6 Å². The molecule has 2 aliphatic rings. The minimum absolute atomic E-state index is 0.0584. The summed E-state index contributed by atoms with van der Waals surface area (Å²) in [5.41, 5.74) is 0. The molecule has 1 N–H and O–H groups in total. The summed E-state index contributed by atoms with van der Waals surface area (Å²) in [5.74, 6) is 4.62. The van der Waals surface area contributed by atoms with Crippen molar-refractivity contribution >= 4 is 5.91 Å². The van der Waals surface area contributed by atoms with Crippen LogP contribution < -0.4 is 5.32 Å². The summed E-state index contributed by atoms with van der Waals surface area (Å²) < 4.78 is 2.14. The Balaban J connectivity index is 1.60. The van der Waals surface area contributed by atoms with Gasteiger partial charge in [-0.1, -0.05) is 12.3 Å². The molecular weight excluding hydrogens is 278 g/mol. The maximum absolute atomic E-state index is 12.5. The predicted molar refractivity (Wildman–Crippen MR) is 82.9 cm³/mol. The monoisotopic (exact) mass is 301 g/mol. The van der Waals surface area contributed by atoms with Crippen LogP contribution in [0.25, 0.3) is 0 Å². The molecule has 6 nitrogen and oxygen atoms in total. The number of nitrogens with one attached hydrogen (secondary N) is 1. The van der Waals surface area contributed by atoms with Gasteiger partial charge in [0, 0.05) is 13.0 Å². The van der Waals surface area contributed by atoms with E-state index in [-0.39, 0.29) is 11.9 Å². The largest absolute Gasteiger partial charge is 0.347 e. The molecule has 0 spiro atoms. The molecule has 118 valence electrons. The van der Waals surface area contributed by atoms with Crippen LogP contribution in [0.2, 0.25) is 0 Å². The molecule has 1 fully saturated rings. The minimum atomic E-state index is -0.103. The van der Waals surface area contributed by atoms with E-state index in [4.69, 9.17) is 6.42 Å². The van der Waals surface area contributed by atoms with E-state index in [0.29, 0.717) is 13.1 Å². The van der Waals surface area contributed by atoms with Gasteiger partial charge in [0.25, 0.3) is 0 Å². The second-order valence-corrected chi connectivity index (χ2v) is 6.05. The standard InChI is InChI=1S/C16H23N5O/c1-2-9-20-10-5-3-7-13(20)16(22)17-12-15-19-18-14-8-4-6-11-21(14)15/h1,13H,3-12H2,(H,17,22)/t13-/m1/s1. The normalized spacial score (nSPS) is 21.9. The summed E-state index contributed by atoms with van der Waals surface area (Å²) >= 11 is 0. The van der Waals surface area contributed by atoms with Gasteiger partial charge in [-0.05, 0) is 32.2 Å². The number of likely N-dealkylation sites (tertiary alicyclic amines) is 1. The second-order valence-electron chi connectivity index (χ2n) is 6.05. The highest BCUT2D eigenvalue weighted by molar-refractivity contribution is 5.81. The third-order valence-corrected chi connectivity index (χ3v) is 4.57. The van der Waals surface area contributed by atoms with Crippen LogP contribution in [0.1, 0.15) is 43.8 Å². The molecule has 0 aliphatic carbocycles. The molecule has 1 aromatic heterocycles. The number of nitrogens with zero attached hydrogens (tertiary/aromatic N) is 4. The predicted octanol–water partition coefficient (Wildman–Crippen LogP) is 0.718. The van der Waals surface area contributed by atoms with Crippen molar-refractivity contribution < 1.29 is 4.79 Å². The van der Waals surface area contributed by atoms with Crippen molar-refractivity contribution in [3.8, 4) is 12.3 Å². The molecule has 1 aromatic rings. The lowest BCUT2D eigenvalue weighted by Gasteiger charge is -2.33. The van der Waals surface area contributed by atoms with Gasteiger partial charge >= 0.3 is 0 Å². The third kappa shape index (κ3) is 3.14. The molecule has 1 saturated heterocycles. The van der Waals surface area contributed by atoms with Crippen LogP contribution >= 0.6 is 0 Å². The molecule has 0 bridgehead atoms. The van der Waals surface area contributed by atoms with Crippen LogP contribution in [-0.4, -0.2) is 44.7 Å². The lowest BCUT2D eigenvalue weighted by molar-refractivity contribution is -0.127. The molecular formula is C16H23N5O. The molecule has 0 saturated carbocycles. The van der Waals surface area contributed by atoms with E-state index in [2.05, 4.69) is 30.9 Å². The first-order valence-corrected chi connectivity index (χ1v) is 8.16. The number of hydrogen-bond donors (Lipinski definition) is 1. The zero-order valence-electron chi connectivity index (χ0n) is 12.9. The summed E-state index contributed by atoms with van der Waals surface area (Å²) in [6.45, 7) is 2.85. The van der Waals surface area contributed by atoms with Gasteiger partial charge in [0.15, 0.2) is 5.82 Å². The lowest BCUT2D eigenvalue weighted by Crippen LogP contribution is -2.49. The lowest BCUT2D eigenvalue weighted by atomic mass is 10.0. The fraction of sp³-hybridized carbons (Fsp3) is 0.688. The SMILES string of the molecule is C#CCN1CCCC[C@@H]1C(=O)NCc1nnc2n1CCCC2. The van der Waals surface area contributed by atoms with Crippen molar-refractivity contribution in [3.63, 3.8) is 0 Å². The molecule has 1 amide bonds. The first-order valence-electron chi connectivity index (χ1n) is 8.16. The van der Waals surface area contributed by atoms with E-state index in [0.717, 1.165) is 56.8 Å². The number of rotatable bonds is 4. The maximum atomic E-state index is 12.5. The van der Waals surface area contributed by atoms with E-state index >= 15 is 0 Å². The Morgan fingerprint density at radius 1 is 1.27 bits per heavy atom. The van der Waals surface area contributed by atoms with Crippen molar-refractivity contribution in [2.75, 3.05) is 13.1 Å². The maximum Gasteiger partial charge on any atom is 0.237 e. The minimum Gasteiger partial charge on any atom is -0.347 e. The summed E-state index contributed by atoms with van der Waals surface area (Å²) in [7, 11) is 0. The third-order valence-electron chi connectivity index (χ3n) is 4.57. The Kier molecular flexibility index (Phi) is 4.74. The quantitative estimate of drug-likeness (QED) is 0.832. The average Bonchev–Trinajstić information content (AvgIpc) is 2.97. The van der Waals surface area contributed by atoms with Gasteiger partial charge in [-0.25, -0.2) is 0 Å². The summed E-state index contributed by atoms with van der Waals surface area (Å²) in [4.78, 5) is 14.6. The van der Waals surface area contributed by atoms with Gasteiger partial charge in [0.05, 0.1) is 19.1 Å². The number of piperidine rings is 1. The number of hydrogen-bond acceptors (Lipinski definition) is 4. The molecule has 0 unspecified atom stereocenters. The van der Waals surface area contributed by atoms with Crippen LogP contribution in [0, 0.1) is 12.3 Å². The number of amides is 1. The van der Waals surface area contributed by atoms with Crippen LogP contribution in [-0.2, 0) is 24.3 Å². The van der Waals surface area contributed by atoms with Gasteiger partial charge in [-0.3, -0.25) is 9.69 Å². The molecule has 2 aliphatic heterocycles. The van der Waals surface area contributed by atoms with Gasteiger partial charge in [0.2, 0.25) is 5.91 Å². The number of aromatic nitrogens is 3. The Hall–Kier alpha value is -1.87. The van der Waals surface area contributed by atoms with E-state index in [1.54, 1.807) is 0 Å². The van der Waals surface area contributed by atoms with Gasteiger partial charge < -0.3 is 9.88 Å². The highest BCUT2D eigenvalue weighted by atomic mass is 16.2. The van der Waals surface area contributed by atoms with Gasteiger partial charge in [0.1, 0.15) is 5.82 Å². The summed E-state index contributed by atoms with van der Waals surface area (Å²) in [6, 6.07) is -0.103. The molecule has 3 rings (SSSR count). The second kappa shape index (κ2) is 6.93. The van der Waals surface area contributed by atoms with Crippen molar-refractivity contribution in [3.05, 3.63) is 11.6 Å². The smallest absolute Gasteiger partial charge is 0.237 e. The summed E-state index contributed by atoms with van der Waals surface area (Å²) in [6.07, 6.45) is 11.8. The Morgan fingerprint density at radius 2 is 2.14 bits per heavy atom. The first kappa shape index (κ1) is 15.0. The van der Waals surface area contributed by atoms with Crippen LogP contribution in [0.5, 0.6) is 0 Å². The van der Waals surface area contributed by atoms with Crippen molar-refractivity contribution in [2.45, 2.75) is 57.7 Å². The van der Waals surface area contributed by atoms with E-state index in [1.807, 2.05) is 0 Å². The number of aryl methyl sites for hydroxylation is 1. The molecule has 1 atom stereocenters.